The van der Waals surface area contributed by atoms with E-state index < -0.39 is 20.5 Å². The molecule has 4 nitrogen and oxygen atoms in total. The van der Waals surface area contributed by atoms with E-state index in [0.717, 1.165) is 16.6 Å². The van der Waals surface area contributed by atoms with E-state index in [-0.39, 0.29) is 0 Å². The fourth-order valence-electron chi connectivity index (χ4n) is 1.53. The maximum atomic E-state index is 12.4. The summed E-state index contributed by atoms with van der Waals surface area (Å²) in [4.78, 5) is -0.411. The first-order chi connectivity index (χ1) is 9.80. The molecule has 1 heterocycles. The molecule has 0 amide bonds. The molecule has 1 aromatic carbocycles. The van der Waals surface area contributed by atoms with E-state index >= 15 is 0 Å². The fourth-order valence-corrected chi connectivity index (χ4v) is 2.91. The lowest BCUT2D eigenvalue weighted by atomic mass is 10.3. The summed E-state index contributed by atoms with van der Waals surface area (Å²) < 4.78 is 54.0. The standard InChI is InChI=1S/C12H9Br2F2NO3S/c13-10-5-8(20-11(10)14)6-17-7-1-3-9(4-2-7)21(18,19)12(15)16/h1-5,12,17H,6H2. The van der Waals surface area contributed by atoms with Gasteiger partial charge in [0, 0.05) is 5.69 Å². The van der Waals surface area contributed by atoms with Crippen molar-refractivity contribution in [2.24, 2.45) is 0 Å². The number of nitrogens with one attached hydrogen (secondary N) is 1. The maximum absolute atomic E-state index is 12.4. The summed E-state index contributed by atoms with van der Waals surface area (Å²) in [6, 6.07) is 6.88. The van der Waals surface area contributed by atoms with Crippen molar-refractivity contribution >= 4 is 47.4 Å². The summed E-state index contributed by atoms with van der Waals surface area (Å²) in [5.74, 6) is -2.77. The van der Waals surface area contributed by atoms with Crippen LogP contribution in [-0.4, -0.2) is 14.2 Å². The smallest absolute Gasteiger partial charge is 0.341 e. The lowest BCUT2D eigenvalue weighted by molar-refractivity contribution is 0.234. The zero-order valence-electron chi connectivity index (χ0n) is 10.3. The van der Waals surface area contributed by atoms with Gasteiger partial charge >= 0.3 is 5.76 Å². The molecule has 114 valence electrons. The van der Waals surface area contributed by atoms with Crippen LogP contribution < -0.4 is 5.32 Å². The molecular weight excluding hydrogens is 436 g/mol. The van der Waals surface area contributed by atoms with Crippen LogP contribution in [0.4, 0.5) is 14.5 Å². The number of benzene rings is 1. The summed E-state index contributed by atoms with van der Waals surface area (Å²) in [5, 5.41) is 2.99. The van der Waals surface area contributed by atoms with Gasteiger partial charge in [0.1, 0.15) is 5.76 Å². The van der Waals surface area contributed by atoms with Gasteiger partial charge in [-0.3, -0.25) is 0 Å². The van der Waals surface area contributed by atoms with E-state index in [9.17, 15) is 17.2 Å². The molecule has 0 spiro atoms. The van der Waals surface area contributed by atoms with Gasteiger partial charge in [-0.1, -0.05) is 0 Å². The third-order valence-electron chi connectivity index (χ3n) is 2.58. The van der Waals surface area contributed by atoms with Gasteiger partial charge in [0.15, 0.2) is 4.67 Å². The van der Waals surface area contributed by atoms with Crippen LogP contribution in [0.3, 0.4) is 0 Å². The molecule has 0 aliphatic rings. The highest BCUT2D eigenvalue weighted by molar-refractivity contribution is 9.13. The number of sulfone groups is 1. The highest BCUT2D eigenvalue weighted by Crippen LogP contribution is 2.27. The Morgan fingerprint density at radius 1 is 1.19 bits per heavy atom. The van der Waals surface area contributed by atoms with Gasteiger partial charge in [-0.2, -0.15) is 8.78 Å². The minimum absolute atomic E-state index is 0.366. The molecule has 0 saturated carbocycles. The van der Waals surface area contributed by atoms with Gasteiger partial charge in [0.05, 0.1) is 15.9 Å². The van der Waals surface area contributed by atoms with Gasteiger partial charge in [0.25, 0.3) is 0 Å². The molecule has 0 fully saturated rings. The van der Waals surface area contributed by atoms with Gasteiger partial charge < -0.3 is 9.73 Å². The average molecular weight is 445 g/mol. The van der Waals surface area contributed by atoms with E-state index in [1.807, 2.05) is 0 Å². The number of hydrogen-bond acceptors (Lipinski definition) is 4. The SMILES string of the molecule is O=S(=O)(c1ccc(NCc2cc(Br)c(Br)o2)cc1)C(F)F. The van der Waals surface area contributed by atoms with Crippen molar-refractivity contribution in [3.05, 3.63) is 45.2 Å². The zero-order chi connectivity index (χ0) is 15.6. The molecule has 2 rings (SSSR count). The van der Waals surface area contributed by atoms with Crippen molar-refractivity contribution in [2.75, 3.05) is 5.32 Å². The zero-order valence-corrected chi connectivity index (χ0v) is 14.3. The summed E-state index contributed by atoms with van der Waals surface area (Å²) in [6.07, 6.45) is 0. The number of anilines is 1. The largest absolute Gasteiger partial charge is 0.451 e. The summed E-state index contributed by atoms with van der Waals surface area (Å²) in [7, 11) is -4.56. The number of halogens is 4. The molecule has 0 bridgehead atoms. The van der Waals surface area contributed by atoms with E-state index in [4.69, 9.17) is 4.42 Å². The second-order valence-electron chi connectivity index (χ2n) is 4.02. The number of rotatable bonds is 5. The van der Waals surface area contributed by atoms with Crippen molar-refractivity contribution in [1.29, 1.82) is 0 Å². The molecule has 0 aliphatic heterocycles. The predicted molar refractivity (Wildman–Crippen MR) is 81.1 cm³/mol. The van der Waals surface area contributed by atoms with E-state index in [1.165, 1.54) is 12.1 Å². The first kappa shape index (κ1) is 16.4. The van der Waals surface area contributed by atoms with Gasteiger partial charge in [-0.05, 0) is 62.2 Å². The fraction of sp³-hybridized carbons (Fsp3) is 0.167. The molecular formula is C12H9Br2F2NO3S. The van der Waals surface area contributed by atoms with Crippen LogP contribution in [0.15, 0.2) is 48.8 Å². The van der Waals surface area contributed by atoms with Crippen LogP contribution >= 0.6 is 31.9 Å². The van der Waals surface area contributed by atoms with Gasteiger partial charge in [-0.25, -0.2) is 8.42 Å². The molecule has 0 radical (unpaired) electrons. The maximum Gasteiger partial charge on any atom is 0.341 e. The average Bonchev–Trinajstić information content (AvgIpc) is 2.76. The lowest BCUT2D eigenvalue weighted by Gasteiger charge is -2.06. The molecule has 2 aromatic rings. The van der Waals surface area contributed by atoms with E-state index in [2.05, 4.69) is 37.2 Å². The molecule has 0 atom stereocenters. The molecule has 0 unspecified atom stereocenters. The Morgan fingerprint density at radius 3 is 2.29 bits per heavy atom. The van der Waals surface area contributed by atoms with E-state index in [1.54, 1.807) is 6.07 Å². The topological polar surface area (TPSA) is 59.3 Å². The second kappa shape index (κ2) is 6.45. The summed E-state index contributed by atoms with van der Waals surface area (Å²) in [5.41, 5.74) is 0.590. The van der Waals surface area contributed by atoms with Crippen LogP contribution in [-0.2, 0) is 16.4 Å². The number of hydrogen-bond donors (Lipinski definition) is 1. The van der Waals surface area contributed by atoms with Gasteiger partial charge in [-0.15, -0.1) is 0 Å². The second-order valence-corrected chi connectivity index (χ2v) is 7.51. The molecule has 1 aromatic heterocycles. The predicted octanol–water partition coefficient (Wildman–Crippen LogP) is 4.41. The Hall–Kier alpha value is -0.930. The Morgan fingerprint density at radius 2 is 1.81 bits per heavy atom. The van der Waals surface area contributed by atoms with Crippen LogP contribution in [0.5, 0.6) is 0 Å². The molecule has 9 heteroatoms. The molecule has 1 N–H and O–H groups in total. The van der Waals surface area contributed by atoms with Crippen molar-refractivity contribution in [3.63, 3.8) is 0 Å². The Bertz CT molecular complexity index is 710. The summed E-state index contributed by atoms with van der Waals surface area (Å²) >= 11 is 6.49. The minimum Gasteiger partial charge on any atom is -0.451 e. The Balaban J connectivity index is 2.06. The third-order valence-corrected chi connectivity index (χ3v) is 5.69. The third kappa shape index (κ3) is 3.83. The summed E-state index contributed by atoms with van der Waals surface area (Å²) in [6.45, 7) is 0.366. The molecule has 21 heavy (non-hydrogen) atoms. The van der Waals surface area contributed by atoms with Crippen molar-refractivity contribution in [1.82, 2.24) is 0 Å². The Kier molecular flexibility index (Phi) is 5.05. The molecule has 0 saturated heterocycles. The van der Waals surface area contributed by atoms with Crippen molar-refractivity contribution in [3.8, 4) is 0 Å². The number of furan rings is 1. The van der Waals surface area contributed by atoms with Crippen LogP contribution in [0, 0.1) is 0 Å². The van der Waals surface area contributed by atoms with Crippen molar-refractivity contribution in [2.45, 2.75) is 17.2 Å². The first-order valence-corrected chi connectivity index (χ1v) is 8.73. The minimum atomic E-state index is -4.56. The molecule has 0 aliphatic carbocycles. The van der Waals surface area contributed by atoms with Crippen LogP contribution in [0.25, 0.3) is 0 Å². The highest BCUT2D eigenvalue weighted by Gasteiger charge is 2.26. The van der Waals surface area contributed by atoms with Crippen LogP contribution in [0.1, 0.15) is 5.76 Å². The lowest BCUT2D eigenvalue weighted by Crippen LogP contribution is -2.11. The Labute approximate surface area is 136 Å². The van der Waals surface area contributed by atoms with E-state index in [0.29, 0.717) is 22.7 Å². The number of alkyl halides is 2. The van der Waals surface area contributed by atoms with Gasteiger partial charge in [0.2, 0.25) is 9.84 Å². The first-order valence-electron chi connectivity index (χ1n) is 5.60. The highest BCUT2D eigenvalue weighted by atomic mass is 79.9. The van der Waals surface area contributed by atoms with Crippen molar-refractivity contribution < 1.29 is 21.6 Å². The normalized spacial score (nSPS) is 11.9. The van der Waals surface area contributed by atoms with Crippen LogP contribution in [0.2, 0.25) is 0 Å². The monoisotopic (exact) mass is 443 g/mol. The quantitative estimate of drug-likeness (QED) is 0.741.